The second kappa shape index (κ2) is 4.79. The predicted molar refractivity (Wildman–Crippen MR) is 62.8 cm³/mol. The highest BCUT2D eigenvalue weighted by Gasteiger charge is 2.10. The largest absolute Gasteiger partial charge is 0.503 e. The molecule has 3 N–H and O–H groups in total. The lowest BCUT2D eigenvalue weighted by Gasteiger charge is -2.02. The number of halogens is 3. The van der Waals surface area contributed by atoms with Crippen molar-refractivity contribution in [3.8, 4) is 5.75 Å². The standard InChI is InChI=1S/C8H7ClFIN2O/c9-3-6(12)13-5-2-1-4(11)7(10)8(5)14/h1-2,14H,3H2,(H2,12,13). The van der Waals surface area contributed by atoms with E-state index in [9.17, 15) is 9.50 Å². The normalized spacial score (nSPS) is 11.8. The molecule has 0 aliphatic heterocycles. The van der Waals surface area contributed by atoms with Crippen LogP contribution in [0.15, 0.2) is 17.1 Å². The summed E-state index contributed by atoms with van der Waals surface area (Å²) < 4.78 is 13.5. The lowest BCUT2D eigenvalue weighted by molar-refractivity contribution is 0.432. The molecule has 14 heavy (non-hydrogen) atoms. The van der Waals surface area contributed by atoms with Crippen molar-refractivity contribution in [2.45, 2.75) is 0 Å². The van der Waals surface area contributed by atoms with Crippen LogP contribution in [0.1, 0.15) is 0 Å². The van der Waals surface area contributed by atoms with Crippen molar-refractivity contribution in [2.24, 2.45) is 10.7 Å². The Bertz CT molecular complexity index is 384. The number of aliphatic imine (C=N–C) groups is 1. The van der Waals surface area contributed by atoms with Gasteiger partial charge >= 0.3 is 0 Å². The summed E-state index contributed by atoms with van der Waals surface area (Å²) in [5.74, 6) is -1.05. The van der Waals surface area contributed by atoms with Crippen LogP contribution >= 0.6 is 34.2 Å². The summed E-state index contributed by atoms with van der Waals surface area (Å²) in [5.41, 5.74) is 5.43. The van der Waals surface area contributed by atoms with Crippen LogP contribution in [0.25, 0.3) is 0 Å². The minimum Gasteiger partial charge on any atom is -0.503 e. The van der Waals surface area contributed by atoms with E-state index in [0.717, 1.165) is 0 Å². The monoisotopic (exact) mass is 328 g/mol. The molecule has 0 saturated heterocycles. The Kier molecular flexibility index (Phi) is 3.94. The van der Waals surface area contributed by atoms with E-state index in [2.05, 4.69) is 4.99 Å². The zero-order valence-electron chi connectivity index (χ0n) is 6.97. The second-order valence-electron chi connectivity index (χ2n) is 2.47. The van der Waals surface area contributed by atoms with Gasteiger partial charge in [-0.25, -0.2) is 9.38 Å². The number of hydrogen-bond donors (Lipinski definition) is 2. The number of alkyl halides is 1. The molecule has 1 aromatic rings. The molecular formula is C8H7ClFIN2O. The molecule has 3 nitrogen and oxygen atoms in total. The van der Waals surface area contributed by atoms with Crippen LogP contribution < -0.4 is 5.73 Å². The smallest absolute Gasteiger partial charge is 0.180 e. The highest BCUT2D eigenvalue weighted by molar-refractivity contribution is 14.1. The van der Waals surface area contributed by atoms with Crippen molar-refractivity contribution in [3.05, 3.63) is 21.5 Å². The number of amidine groups is 1. The molecule has 0 fully saturated rings. The molecule has 0 radical (unpaired) electrons. The van der Waals surface area contributed by atoms with Gasteiger partial charge in [-0.3, -0.25) is 0 Å². The van der Waals surface area contributed by atoms with Crippen LogP contribution in [0.2, 0.25) is 0 Å². The summed E-state index contributed by atoms with van der Waals surface area (Å²) in [6.07, 6.45) is 0. The average molecular weight is 329 g/mol. The molecule has 0 saturated carbocycles. The van der Waals surface area contributed by atoms with Crippen LogP contribution in [0, 0.1) is 9.39 Å². The molecule has 0 amide bonds. The second-order valence-corrected chi connectivity index (χ2v) is 3.90. The van der Waals surface area contributed by atoms with Gasteiger partial charge in [0.1, 0.15) is 11.5 Å². The Morgan fingerprint density at radius 3 is 2.86 bits per heavy atom. The van der Waals surface area contributed by atoms with Crippen molar-refractivity contribution < 1.29 is 9.50 Å². The van der Waals surface area contributed by atoms with E-state index in [1.54, 1.807) is 22.6 Å². The van der Waals surface area contributed by atoms with Gasteiger partial charge in [-0.2, -0.15) is 0 Å². The minimum absolute atomic E-state index is 0.0348. The fourth-order valence-electron chi connectivity index (χ4n) is 0.805. The third-order valence-electron chi connectivity index (χ3n) is 1.45. The molecular weight excluding hydrogens is 321 g/mol. The van der Waals surface area contributed by atoms with Crippen LogP contribution in [0.5, 0.6) is 5.75 Å². The van der Waals surface area contributed by atoms with Gasteiger partial charge in [0.2, 0.25) is 0 Å². The molecule has 6 heteroatoms. The Morgan fingerprint density at radius 2 is 2.29 bits per heavy atom. The van der Waals surface area contributed by atoms with Crippen molar-refractivity contribution in [3.63, 3.8) is 0 Å². The molecule has 0 aliphatic carbocycles. The first kappa shape index (κ1) is 11.5. The van der Waals surface area contributed by atoms with E-state index in [1.807, 2.05) is 0 Å². The van der Waals surface area contributed by atoms with Crippen molar-refractivity contribution >= 4 is 45.7 Å². The number of nitrogens with two attached hydrogens (primary N) is 1. The lowest BCUT2D eigenvalue weighted by Crippen LogP contribution is -2.12. The van der Waals surface area contributed by atoms with Crippen LogP contribution in [-0.4, -0.2) is 16.8 Å². The number of rotatable bonds is 2. The van der Waals surface area contributed by atoms with Crippen molar-refractivity contribution in [1.82, 2.24) is 0 Å². The first-order valence-electron chi connectivity index (χ1n) is 3.62. The van der Waals surface area contributed by atoms with Crippen molar-refractivity contribution in [1.29, 1.82) is 0 Å². The SMILES string of the molecule is NC(CCl)=Nc1ccc(I)c(F)c1O. The average Bonchev–Trinajstić information content (AvgIpc) is 2.19. The maximum atomic E-state index is 13.1. The molecule has 0 aromatic heterocycles. The lowest BCUT2D eigenvalue weighted by atomic mass is 10.3. The van der Waals surface area contributed by atoms with Crippen LogP contribution in [0.3, 0.4) is 0 Å². The molecule has 1 aromatic carbocycles. The maximum Gasteiger partial charge on any atom is 0.180 e. The summed E-state index contributed by atoms with van der Waals surface area (Å²) in [6.45, 7) is 0. The maximum absolute atomic E-state index is 13.1. The molecule has 76 valence electrons. The van der Waals surface area contributed by atoms with Crippen LogP contribution in [-0.2, 0) is 0 Å². The number of hydrogen-bond acceptors (Lipinski definition) is 2. The van der Waals surface area contributed by atoms with Gasteiger partial charge in [0.05, 0.1) is 9.45 Å². The van der Waals surface area contributed by atoms with E-state index in [4.69, 9.17) is 17.3 Å². The van der Waals surface area contributed by atoms with Gasteiger partial charge in [0, 0.05) is 0 Å². The Labute approximate surface area is 98.9 Å². The van der Waals surface area contributed by atoms with Gasteiger partial charge in [-0.1, -0.05) is 0 Å². The van der Waals surface area contributed by atoms with Gasteiger partial charge in [-0.05, 0) is 34.7 Å². The van der Waals surface area contributed by atoms with Gasteiger partial charge in [0.25, 0.3) is 0 Å². The fraction of sp³-hybridized carbons (Fsp3) is 0.125. The molecule has 0 atom stereocenters. The van der Waals surface area contributed by atoms with E-state index in [-0.39, 0.29) is 17.4 Å². The topological polar surface area (TPSA) is 58.6 Å². The first-order valence-corrected chi connectivity index (χ1v) is 5.23. The minimum atomic E-state index is -0.700. The van der Waals surface area contributed by atoms with E-state index in [1.165, 1.54) is 12.1 Å². The summed E-state index contributed by atoms with van der Waals surface area (Å²) in [6, 6.07) is 2.97. The van der Waals surface area contributed by atoms with Gasteiger partial charge < -0.3 is 10.8 Å². The number of phenolic OH excluding ortho intramolecular Hbond substituents is 1. The van der Waals surface area contributed by atoms with E-state index >= 15 is 0 Å². The predicted octanol–water partition coefficient (Wildman–Crippen LogP) is 2.36. The Balaban J connectivity index is 3.18. The van der Waals surface area contributed by atoms with E-state index in [0.29, 0.717) is 3.57 Å². The van der Waals surface area contributed by atoms with E-state index < -0.39 is 11.6 Å². The highest BCUT2D eigenvalue weighted by Crippen LogP contribution is 2.31. The molecule has 1 rings (SSSR count). The molecule has 0 unspecified atom stereocenters. The molecule has 0 spiro atoms. The zero-order chi connectivity index (χ0) is 10.7. The van der Waals surface area contributed by atoms with Gasteiger partial charge in [-0.15, -0.1) is 11.6 Å². The Morgan fingerprint density at radius 1 is 1.64 bits per heavy atom. The quantitative estimate of drug-likeness (QED) is 0.379. The molecule has 0 aliphatic rings. The zero-order valence-corrected chi connectivity index (χ0v) is 9.88. The van der Waals surface area contributed by atoms with Gasteiger partial charge in [0.15, 0.2) is 11.6 Å². The first-order chi connectivity index (χ1) is 6.56. The third kappa shape index (κ3) is 2.48. The number of benzene rings is 1. The number of nitrogens with zero attached hydrogens (tertiary/aromatic N) is 1. The molecule has 0 bridgehead atoms. The highest BCUT2D eigenvalue weighted by atomic mass is 127. The third-order valence-corrected chi connectivity index (χ3v) is 2.56. The Hall–Kier alpha value is -0.560. The summed E-state index contributed by atoms with van der Waals surface area (Å²) in [7, 11) is 0. The fourth-order valence-corrected chi connectivity index (χ4v) is 1.30. The van der Waals surface area contributed by atoms with Crippen molar-refractivity contribution in [2.75, 3.05) is 5.88 Å². The van der Waals surface area contributed by atoms with Crippen LogP contribution in [0.4, 0.5) is 10.1 Å². The molecule has 0 heterocycles. The summed E-state index contributed by atoms with van der Waals surface area (Å²) >= 11 is 7.16. The number of phenols is 1. The number of aromatic hydroxyl groups is 1. The summed E-state index contributed by atoms with van der Waals surface area (Å²) in [5, 5.41) is 9.34. The summed E-state index contributed by atoms with van der Waals surface area (Å²) in [4.78, 5) is 3.75.